The van der Waals surface area contributed by atoms with E-state index in [0.717, 1.165) is 5.56 Å². The first-order valence-electron chi connectivity index (χ1n) is 10.7. The normalized spacial score (nSPS) is 14.0. The molecule has 2 aromatic carbocycles. The van der Waals surface area contributed by atoms with E-state index in [0.29, 0.717) is 43.9 Å². The van der Waals surface area contributed by atoms with Gasteiger partial charge in [-0.3, -0.25) is 14.4 Å². The van der Waals surface area contributed by atoms with Crippen LogP contribution in [0.2, 0.25) is 0 Å². The molecule has 3 amide bonds. The van der Waals surface area contributed by atoms with Crippen molar-refractivity contribution in [3.8, 4) is 0 Å². The Morgan fingerprint density at radius 1 is 0.909 bits per heavy atom. The van der Waals surface area contributed by atoms with Gasteiger partial charge in [0.25, 0.3) is 17.7 Å². The number of aryl methyl sites for hydroxylation is 1. The molecule has 0 atom stereocenters. The molecule has 8 heteroatoms. The van der Waals surface area contributed by atoms with Crippen molar-refractivity contribution < 1.29 is 23.2 Å². The summed E-state index contributed by atoms with van der Waals surface area (Å²) in [4.78, 5) is 41.5. The summed E-state index contributed by atoms with van der Waals surface area (Å²) in [7, 11) is 0. The maximum absolute atomic E-state index is 14.0. The SMILES string of the molecule is Cc1ccc(C(=O)N2CCCN(C(=O)c3ccccc3F)CC2)cc1NC(=O)c1ccco1. The number of hydrogen-bond acceptors (Lipinski definition) is 4. The molecule has 1 N–H and O–H groups in total. The van der Waals surface area contributed by atoms with Crippen LogP contribution in [0, 0.1) is 12.7 Å². The summed E-state index contributed by atoms with van der Waals surface area (Å²) in [5, 5.41) is 2.78. The topological polar surface area (TPSA) is 82.9 Å². The van der Waals surface area contributed by atoms with Gasteiger partial charge in [-0.2, -0.15) is 0 Å². The zero-order chi connectivity index (χ0) is 23.4. The summed E-state index contributed by atoms with van der Waals surface area (Å²) >= 11 is 0. The quantitative estimate of drug-likeness (QED) is 0.654. The van der Waals surface area contributed by atoms with Gasteiger partial charge >= 0.3 is 0 Å². The Morgan fingerprint density at radius 2 is 1.64 bits per heavy atom. The lowest BCUT2D eigenvalue weighted by molar-refractivity contribution is 0.0716. The van der Waals surface area contributed by atoms with E-state index < -0.39 is 11.7 Å². The summed E-state index contributed by atoms with van der Waals surface area (Å²) in [5.41, 5.74) is 1.80. The number of hydrogen-bond donors (Lipinski definition) is 1. The number of furan rings is 1. The Hall–Kier alpha value is -3.94. The van der Waals surface area contributed by atoms with E-state index in [1.165, 1.54) is 18.4 Å². The van der Waals surface area contributed by atoms with Crippen molar-refractivity contribution in [3.05, 3.63) is 89.1 Å². The molecular formula is C25H24FN3O4. The summed E-state index contributed by atoms with van der Waals surface area (Å²) in [6.45, 7) is 3.40. The predicted molar refractivity (Wildman–Crippen MR) is 121 cm³/mol. The maximum Gasteiger partial charge on any atom is 0.291 e. The monoisotopic (exact) mass is 449 g/mol. The molecule has 170 valence electrons. The van der Waals surface area contributed by atoms with Crippen molar-refractivity contribution in [1.29, 1.82) is 0 Å². The van der Waals surface area contributed by atoms with E-state index in [2.05, 4.69) is 5.32 Å². The van der Waals surface area contributed by atoms with Gasteiger partial charge in [-0.05, 0) is 55.3 Å². The summed E-state index contributed by atoms with van der Waals surface area (Å²) in [5.74, 6) is -1.34. The maximum atomic E-state index is 14.0. The van der Waals surface area contributed by atoms with Crippen molar-refractivity contribution in [3.63, 3.8) is 0 Å². The average molecular weight is 449 g/mol. The van der Waals surface area contributed by atoms with Crippen LogP contribution >= 0.6 is 0 Å². The van der Waals surface area contributed by atoms with Crippen LogP contribution in [-0.4, -0.2) is 53.7 Å². The summed E-state index contributed by atoms with van der Waals surface area (Å²) < 4.78 is 19.1. The van der Waals surface area contributed by atoms with Gasteiger partial charge in [0.2, 0.25) is 0 Å². The van der Waals surface area contributed by atoms with Gasteiger partial charge in [0, 0.05) is 37.4 Å². The molecule has 0 spiro atoms. The molecule has 1 aliphatic rings. The first-order valence-corrected chi connectivity index (χ1v) is 10.7. The zero-order valence-corrected chi connectivity index (χ0v) is 18.2. The highest BCUT2D eigenvalue weighted by molar-refractivity contribution is 6.04. The van der Waals surface area contributed by atoms with Crippen LogP contribution < -0.4 is 5.32 Å². The van der Waals surface area contributed by atoms with Gasteiger partial charge in [0.1, 0.15) is 5.82 Å². The fourth-order valence-electron chi connectivity index (χ4n) is 3.79. The fraction of sp³-hybridized carbons (Fsp3) is 0.240. The van der Waals surface area contributed by atoms with Gasteiger partial charge in [0.05, 0.1) is 11.8 Å². The number of nitrogens with zero attached hydrogens (tertiary/aromatic N) is 2. The Labute approximate surface area is 190 Å². The number of rotatable bonds is 4. The highest BCUT2D eigenvalue weighted by Crippen LogP contribution is 2.20. The summed E-state index contributed by atoms with van der Waals surface area (Å²) in [6.07, 6.45) is 2.00. The number of carbonyl (C=O) groups excluding carboxylic acids is 3. The molecule has 7 nitrogen and oxygen atoms in total. The Balaban J connectivity index is 1.44. The molecule has 0 radical (unpaired) electrons. The second kappa shape index (κ2) is 9.68. The predicted octanol–water partition coefficient (Wildman–Crippen LogP) is 3.97. The third-order valence-corrected chi connectivity index (χ3v) is 5.65. The molecule has 1 aromatic heterocycles. The summed E-state index contributed by atoms with van der Waals surface area (Å²) in [6, 6.07) is 14.2. The van der Waals surface area contributed by atoms with Crippen LogP contribution in [0.4, 0.5) is 10.1 Å². The van der Waals surface area contributed by atoms with Crippen LogP contribution in [0.25, 0.3) is 0 Å². The van der Waals surface area contributed by atoms with Crippen LogP contribution in [0.5, 0.6) is 0 Å². The second-order valence-corrected chi connectivity index (χ2v) is 7.88. The Kier molecular flexibility index (Phi) is 6.53. The van der Waals surface area contributed by atoms with Crippen LogP contribution in [-0.2, 0) is 0 Å². The van der Waals surface area contributed by atoms with Crippen LogP contribution in [0.15, 0.2) is 65.3 Å². The van der Waals surface area contributed by atoms with E-state index in [1.54, 1.807) is 52.3 Å². The second-order valence-electron chi connectivity index (χ2n) is 7.88. The highest BCUT2D eigenvalue weighted by atomic mass is 19.1. The van der Waals surface area contributed by atoms with E-state index >= 15 is 0 Å². The van der Waals surface area contributed by atoms with Gasteiger partial charge in [-0.1, -0.05) is 18.2 Å². The van der Waals surface area contributed by atoms with Crippen molar-refractivity contribution in [1.82, 2.24) is 9.80 Å². The molecule has 3 aromatic rings. The minimum Gasteiger partial charge on any atom is -0.459 e. The average Bonchev–Trinajstić information content (AvgIpc) is 3.25. The molecule has 0 aliphatic carbocycles. The molecule has 0 bridgehead atoms. The van der Waals surface area contributed by atoms with Crippen molar-refractivity contribution in [2.24, 2.45) is 0 Å². The van der Waals surface area contributed by atoms with Gasteiger partial charge < -0.3 is 19.5 Å². The molecule has 2 heterocycles. The number of benzene rings is 2. The molecule has 33 heavy (non-hydrogen) atoms. The number of halogens is 1. The van der Waals surface area contributed by atoms with E-state index in [1.807, 2.05) is 6.92 Å². The number of carbonyl (C=O) groups is 3. The van der Waals surface area contributed by atoms with Crippen molar-refractivity contribution in [2.45, 2.75) is 13.3 Å². The third kappa shape index (κ3) is 4.95. The van der Waals surface area contributed by atoms with Crippen molar-refractivity contribution >= 4 is 23.4 Å². The molecule has 1 saturated heterocycles. The van der Waals surface area contributed by atoms with E-state index in [-0.39, 0.29) is 23.1 Å². The van der Waals surface area contributed by atoms with Gasteiger partial charge in [-0.25, -0.2) is 4.39 Å². The third-order valence-electron chi connectivity index (χ3n) is 5.65. The smallest absolute Gasteiger partial charge is 0.291 e. The van der Waals surface area contributed by atoms with Crippen LogP contribution in [0.1, 0.15) is 43.3 Å². The number of amides is 3. The van der Waals surface area contributed by atoms with E-state index in [9.17, 15) is 18.8 Å². The lowest BCUT2D eigenvalue weighted by Gasteiger charge is -2.23. The van der Waals surface area contributed by atoms with Gasteiger partial charge in [-0.15, -0.1) is 0 Å². The number of nitrogens with one attached hydrogen (secondary N) is 1. The standard InChI is InChI=1S/C25H24FN3O4/c1-17-9-10-18(16-21(17)27-23(30)22-8-4-15-33-22)24(31)28-11-5-12-29(14-13-28)25(32)19-6-2-3-7-20(19)26/h2-4,6-10,15-16H,5,11-14H2,1H3,(H,27,30). The molecule has 1 aliphatic heterocycles. The fourth-order valence-corrected chi connectivity index (χ4v) is 3.79. The highest BCUT2D eigenvalue weighted by Gasteiger charge is 2.25. The number of anilines is 1. The van der Waals surface area contributed by atoms with E-state index in [4.69, 9.17) is 4.42 Å². The minimum atomic E-state index is -0.552. The molecular weight excluding hydrogens is 425 g/mol. The Morgan fingerprint density at radius 3 is 2.33 bits per heavy atom. The first kappa shape index (κ1) is 22.3. The lowest BCUT2D eigenvalue weighted by Crippen LogP contribution is -2.37. The lowest BCUT2D eigenvalue weighted by atomic mass is 10.1. The zero-order valence-electron chi connectivity index (χ0n) is 18.2. The molecule has 0 saturated carbocycles. The van der Waals surface area contributed by atoms with Crippen LogP contribution in [0.3, 0.4) is 0 Å². The molecule has 1 fully saturated rings. The Bertz CT molecular complexity index is 1180. The largest absolute Gasteiger partial charge is 0.459 e. The van der Waals surface area contributed by atoms with Gasteiger partial charge in [0.15, 0.2) is 5.76 Å². The molecule has 4 rings (SSSR count). The van der Waals surface area contributed by atoms with Crippen molar-refractivity contribution in [2.75, 3.05) is 31.5 Å². The molecule has 0 unspecified atom stereocenters. The minimum absolute atomic E-state index is 0.0350. The first-order chi connectivity index (χ1) is 15.9.